The van der Waals surface area contributed by atoms with Crippen molar-refractivity contribution in [1.29, 1.82) is 0 Å². The van der Waals surface area contributed by atoms with E-state index in [-0.39, 0.29) is 0 Å². The first-order valence-corrected chi connectivity index (χ1v) is 8.19. The molecule has 0 amide bonds. The lowest BCUT2D eigenvalue weighted by Gasteiger charge is -2.52. The zero-order valence-electron chi connectivity index (χ0n) is 12.8. The van der Waals surface area contributed by atoms with Gasteiger partial charge in [0.2, 0.25) is 0 Å². The lowest BCUT2D eigenvalue weighted by Crippen LogP contribution is -2.52. The molecule has 0 aromatic carbocycles. The van der Waals surface area contributed by atoms with Gasteiger partial charge in [-0.2, -0.15) is 0 Å². The van der Waals surface area contributed by atoms with Crippen LogP contribution in [0.5, 0.6) is 0 Å². The molecule has 2 bridgehead atoms. The highest BCUT2D eigenvalue weighted by Crippen LogP contribution is 2.51. The van der Waals surface area contributed by atoms with Gasteiger partial charge in [0, 0.05) is 36.3 Å². The van der Waals surface area contributed by atoms with Gasteiger partial charge >= 0.3 is 0 Å². The second-order valence-corrected chi connectivity index (χ2v) is 7.51. The van der Waals surface area contributed by atoms with Gasteiger partial charge in [0.1, 0.15) is 5.82 Å². The van der Waals surface area contributed by atoms with Gasteiger partial charge < -0.3 is 4.90 Å². The van der Waals surface area contributed by atoms with Crippen LogP contribution in [0, 0.1) is 11.8 Å². The van der Waals surface area contributed by atoms with Gasteiger partial charge in [-0.15, -0.1) is 0 Å². The number of likely N-dealkylation sites (tertiary alicyclic amines) is 1. The van der Waals surface area contributed by atoms with Crippen LogP contribution in [0.3, 0.4) is 0 Å². The summed E-state index contributed by atoms with van der Waals surface area (Å²) in [5.74, 6) is 4.70. The highest BCUT2D eigenvalue weighted by atomic mass is 15.1. The maximum Gasteiger partial charge on any atom is 0.131 e. The highest BCUT2D eigenvalue weighted by Gasteiger charge is 2.47. The van der Waals surface area contributed by atoms with E-state index < -0.39 is 0 Å². The van der Waals surface area contributed by atoms with Crippen molar-refractivity contribution >= 4 is 0 Å². The molecule has 1 aromatic heterocycles. The number of fused-ring (bicyclic) bond motifs is 2. The Balaban J connectivity index is 1.67. The molecule has 2 aliphatic carbocycles. The lowest BCUT2D eigenvalue weighted by molar-refractivity contribution is 0.0109. The van der Waals surface area contributed by atoms with Gasteiger partial charge in [-0.3, -0.25) is 0 Å². The van der Waals surface area contributed by atoms with Crippen molar-refractivity contribution in [2.24, 2.45) is 11.8 Å². The van der Waals surface area contributed by atoms with E-state index in [0.717, 1.165) is 17.7 Å². The second-order valence-electron chi connectivity index (χ2n) is 7.51. The Morgan fingerprint density at radius 1 is 1.15 bits per heavy atom. The molecule has 108 valence electrons. The number of nitrogens with zero attached hydrogens (tertiary/aromatic N) is 3. The van der Waals surface area contributed by atoms with Gasteiger partial charge in [-0.1, -0.05) is 13.8 Å². The van der Waals surface area contributed by atoms with Crippen molar-refractivity contribution < 1.29 is 0 Å². The summed E-state index contributed by atoms with van der Waals surface area (Å²) in [5.41, 5.74) is 2.62. The van der Waals surface area contributed by atoms with Crippen LogP contribution in [-0.2, 0) is 0 Å². The predicted octanol–water partition coefficient (Wildman–Crippen LogP) is 3.14. The van der Waals surface area contributed by atoms with E-state index in [2.05, 4.69) is 31.9 Å². The monoisotopic (exact) mass is 271 g/mol. The zero-order chi connectivity index (χ0) is 13.9. The maximum absolute atomic E-state index is 4.98. The molecular weight excluding hydrogens is 246 g/mol. The Morgan fingerprint density at radius 2 is 1.85 bits per heavy atom. The summed E-state index contributed by atoms with van der Waals surface area (Å²) in [6.07, 6.45) is 4.00. The van der Waals surface area contributed by atoms with Crippen molar-refractivity contribution in [3.8, 4) is 0 Å². The van der Waals surface area contributed by atoms with Crippen molar-refractivity contribution in [1.82, 2.24) is 14.9 Å². The third kappa shape index (κ3) is 2.07. The molecule has 1 saturated heterocycles. The quantitative estimate of drug-likeness (QED) is 0.845. The third-order valence-corrected chi connectivity index (χ3v) is 5.37. The van der Waals surface area contributed by atoms with Crippen molar-refractivity contribution in [3.05, 3.63) is 23.3 Å². The summed E-state index contributed by atoms with van der Waals surface area (Å²) < 4.78 is 0. The first-order valence-electron chi connectivity index (χ1n) is 8.19. The molecule has 20 heavy (non-hydrogen) atoms. The Hall–Kier alpha value is -0.960. The minimum Gasteiger partial charge on any atom is -0.306 e. The number of hydrogen-bond acceptors (Lipinski definition) is 3. The van der Waals surface area contributed by atoms with Crippen LogP contribution in [-0.4, -0.2) is 35.0 Å². The van der Waals surface area contributed by atoms with E-state index in [1.807, 2.05) is 0 Å². The molecule has 2 saturated carbocycles. The predicted molar refractivity (Wildman–Crippen MR) is 79.9 cm³/mol. The number of piperidine rings is 2. The number of aromatic nitrogens is 2. The average molecular weight is 271 g/mol. The second kappa shape index (κ2) is 4.52. The SMILES string of the molecule is CC(C)c1cc(C2C3CC2CN(C)C3)nc(C2CC2)n1. The van der Waals surface area contributed by atoms with Gasteiger partial charge in [0.15, 0.2) is 0 Å². The molecule has 2 heterocycles. The van der Waals surface area contributed by atoms with E-state index in [1.54, 1.807) is 0 Å². The summed E-state index contributed by atoms with van der Waals surface area (Å²) >= 11 is 0. The lowest BCUT2D eigenvalue weighted by atomic mass is 9.60. The van der Waals surface area contributed by atoms with Gasteiger partial charge in [0.25, 0.3) is 0 Å². The number of hydrogen-bond donors (Lipinski definition) is 0. The molecule has 3 aliphatic rings. The van der Waals surface area contributed by atoms with E-state index >= 15 is 0 Å². The fourth-order valence-electron chi connectivity index (χ4n) is 4.10. The maximum atomic E-state index is 4.98. The summed E-state index contributed by atoms with van der Waals surface area (Å²) in [6.45, 7) is 7.00. The molecule has 2 unspecified atom stereocenters. The van der Waals surface area contributed by atoms with Crippen molar-refractivity contribution in [2.45, 2.75) is 50.9 Å². The molecule has 2 atom stereocenters. The Morgan fingerprint density at radius 3 is 2.45 bits per heavy atom. The molecule has 3 fully saturated rings. The molecule has 4 rings (SSSR count). The average Bonchev–Trinajstić information content (AvgIpc) is 3.22. The van der Waals surface area contributed by atoms with E-state index in [0.29, 0.717) is 17.8 Å². The zero-order valence-corrected chi connectivity index (χ0v) is 12.8. The first-order chi connectivity index (χ1) is 9.61. The fraction of sp³-hybridized carbons (Fsp3) is 0.765. The molecule has 1 aliphatic heterocycles. The summed E-state index contributed by atoms with van der Waals surface area (Å²) in [7, 11) is 2.25. The minimum absolute atomic E-state index is 0.511. The first kappa shape index (κ1) is 12.8. The minimum atomic E-state index is 0.511. The van der Waals surface area contributed by atoms with E-state index in [1.165, 1.54) is 43.7 Å². The summed E-state index contributed by atoms with van der Waals surface area (Å²) in [6, 6.07) is 2.31. The third-order valence-electron chi connectivity index (χ3n) is 5.37. The summed E-state index contributed by atoms with van der Waals surface area (Å²) in [4.78, 5) is 12.3. The van der Waals surface area contributed by atoms with Crippen molar-refractivity contribution in [3.63, 3.8) is 0 Å². The Kier molecular flexibility index (Phi) is 2.88. The van der Waals surface area contributed by atoms with Crippen LogP contribution in [0.1, 0.15) is 68.1 Å². The van der Waals surface area contributed by atoms with Gasteiger partial charge in [-0.05, 0) is 50.1 Å². The fourth-order valence-corrected chi connectivity index (χ4v) is 4.10. The van der Waals surface area contributed by atoms with Crippen LogP contribution in [0.4, 0.5) is 0 Å². The van der Waals surface area contributed by atoms with E-state index in [9.17, 15) is 0 Å². The molecule has 0 N–H and O–H groups in total. The van der Waals surface area contributed by atoms with Crippen LogP contribution in [0.2, 0.25) is 0 Å². The van der Waals surface area contributed by atoms with Crippen LogP contribution in [0.15, 0.2) is 6.07 Å². The van der Waals surface area contributed by atoms with Gasteiger partial charge in [0.05, 0.1) is 0 Å². The number of rotatable bonds is 3. The van der Waals surface area contributed by atoms with Crippen molar-refractivity contribution in [2.75, 3.05) is 20.1 Å². The standard InChI is InChI=1S/C17H25N3/c1-10(2)14-7-15(19-17(18-14)11-4-5-11)16-12-6-13(16)9-20(3)8-12/h7,10-13,16H,4-6,8-9H2,1-3H3. The largest absolute Gasteiger partial charge is 0.306 e. The van der Waals surface area contributed by atoms with Crippen LogP contribution in [0.25, 0.3) is 0 Å². The Labute approximate surface area is 121 Å². The molecule has 0 spiro atoms. The molecule has 0 radical (unpaired) electrons. The topological polar surface area (TPSA) is 29.0 Å². The molecule has 3 heteroatoms. The molecule has 3 nitrogen and oxygen atoms in total. The molecule has 1 aromatic rings. The highest BCUT2D eigenvalue weighted by molar-refractivity contribution is 5.25. The van der Waals surface area contributed by atoms with Gasteiger partial charge in [-0.25, -0.2) is 9.97 Å². The normalized spacial score (nSPS) is 33.3. The summed E-state index contributed by atoms with van der Waals surface area (Å²) in [5, 5.41) is 0. The van der Waals surface area contributed by atoms with Crippen LogP contribution < -0.4 is 0 Å². The molecular formula is C17H25N3. The van der Waals surface area contributed by atoms with Crippen LogP contribution >= 0.6 is 0 Å². The van der Waals surface area contributed by atoms with E-state index in [4.69, 9.17) is 9.97 Å². The Bertz CT molecular complexity index is 489. The smallest absolute Gasteiger partial charge is 0.131 e.